The van der Waals surface area contributed by atoms with Gasteiger partial charge in [0.2, 0.25) is 0 Å². The van der Waals surface area contributed by atoms with Crippen LogP contribution in [0.15, 0.2) is 63.8 Å². The molecule has 0 spiro atoms. The number of hydrogen-bond acceptors (Lipinski definition) is 3. The average Bonchev–Trinajstić information content (AvgIpc) is 2.63. The zero-order chi connectivity index (χ0) is 17.6. The van der Waals surface area contributed by atoms with Gasteiger partial charge >= 0.3 is 0 Å². The predicted molar refractivity (Wildman–Crippen MR) is 100 cm³/mol. The number of fused-ring (bicyclic) bond motifs is 1. The summed E-state index contributed by atoms with van der Waals surface area (Å²) in [5.74, 6) is -0.419. The second-order valence-corrected chi connectivity index (χ2v) is 6.08. The SMILES string of the molecule is CCCCCc1ccc(NC(=O)c2cc(=O)c3ccccc3o2)cc1. The molecule has 0 fully saturated rings. The Hall–Kier alpha value is -2.88. The molecule has 4 heteroatoms. The zero-order valence-corrected chi connectivity index (χ0v) is 14.2. The molecule has 25 heavy (non-hydrogen) atoms. The van der Waals surface area contributed by atoms with Crippen LogP contribution >= 0.6 is 0 Å². The Morgan fingerprint density at radius 3 is 2.56 bits per heavy atom. The summed E-state index contributed by atoms with van der Waals surface area (Å²) in [4.78, 5) is 24.4. The lowest BCUT2D eigenvalue weighted by atomic mass is 10.1. The van der Waals surface area contributed by atoms with E-state index < -0.39 is 5.91 Å². The molecule has 0 radical (unpaired) electrons. The third kappa shape index (κ3) is 4.15. The van der Waals surface area contributed by atoms with Crippen LogP contribution in [0, 0.1) is 0 Å². The van der Waals surface area contributed by atoms with E-state index in [1.807, 2.05) is 24.3 Å². The Kier molecular flexibility index (Phi) is 5.29. The minimum atomic E-state index is -0.429. The summed E-state index contributed by atoms with van der Waals surface area (Å²) in [6, 6.07) is 15.9. The van der Waals surface area contributed by atoms with Gasteiger partial charge in [-0.1, -0.05) is 44.0 Å². The van der Waals surface area contributed by atoms with Gasteiger partial charge in [-0.2, -0.15) is 0 Å². The molecule has 3 rings (SSSR count). The van der Waals surface area contributed by atoms with Gasteiger partial charge in [-0.25, -0.2) is 0 Å². The summed E-state index contributed by atoms with van der Waals surface area (Å²) in [5.41, 5.74) is 2.12. The zero-order valence-electron chi connectivity index (χ0n) is 14.2. The molecule has 0 unspecified atom stereocenters. The topological polar surface area (TPSA) is 59.3 Å². The monoisotopic (exact) mass is 335 g/mol. The number of amides is 1. The maximum atomic E-state index is 12.4. The molecule has 0 aliphatic rings. The number of anilines is 1. The number of nitrogens with one attached hydrogen (secondary N) is 1. The van der Waals surface area contributed by atoms with E-state index in [0.29, 0.717) is 16.7 Å². The molecule has 0 aliphatic carbocycles. The van der Waals surface area contributed by atoms with Crippen LogP contribution in [-0.2, 0) is 6.42 Å². The van der Waals surface area contributed by atoms with Crippen molar-refractivity contribution in [2.75, 3.05) is 5.32 Å². The minimum absolute atomic E-state index is 0.00993. The van der Waals surface area contributed by atoms with E-state index in [0.717, 1.165) is 6.42 Å². The standard InChI is InChI=1S/C21H21NO3/c1-2-3-4-7-15-10-12-16(13-11-15)22-21(24)20-14-18(23)17-8-5-6-9-19(17)25-20/h5-6,8-14H,2-4,7H2,1H3,(H,22,24). The summed E-state index contributed by atoms with van der Waals surface area (Å²) in [6.07, 6.45) is 4.64. The van der Waals surface area contributed by atoms with E-state index in [9.17, 15) is 9.59 Å². The number of unbranched alkanes of at least 4 members (excludes halogenated alkanes) is 2. The predicted octanol–water partition coefficient (Wildman–Crippen LogP) is 4.78. The van der Waals surface area contributed by atoms with Crippen molar-refractivity contribution < 1.29 is 9.21 Å². The van der Waals surface area contributed by atoms with Crippen molar-refractivity contribution in [1.82, 2.24) is 0 Å². The van der Waals surface area contributed by atoms with Crippen LogP contribution in [-0.4, -0.2) is 5.91 Å². The van der Waals surface area contributed by atoms with Gasteiger partial charge in [-0.05, 0) is 42.7 Å². The molecule has 0 saturated carbocycles. The Balaban J connectivity index is 1.73. The molecule has 3 aromatic rings. The number of benzene rings is 2. The maximum absolute atomic E-state index is 12.4. The molecule has 0 aliphatic heterocycles. The lowest BCUT2D eigenvalue weighted by Gasteiger charge is -2.07. The third-order valence-corrected chi connectivity index (χ3v) is 4.14. The molecule has 2 aromatic carbocycles. The Morgan fingerprint density at radius 1 is 1.04 bits per heavy atom. The van der Waals surface area contributed by atoms with Crippen molar-refractivity contribution in [1.29, 1.82) is 0 Å². The molecule has 1 N–H and O–H groups in total. The highest BCUT2D eigenvalue weighted by Crippen LogP contribution is 2.15. The van der Waals surface area contributed by atoms with Gasteiger partial charge in [0.25, 0.3) is 5.91 Å². The van der Waals surface area contributed by atoms with Crippen molar-refractivity contribution in [3.8, 4) is 0 Å². The highest BCUT2D eigenvalue weighted by atomic mass is 16.3. The first-order valence-corrected chi connectivity index (χ1v) is 8.60. The van der Waals surface area contributed by atoms with Crippen molar-refractivity contribution in [3.05, 3.63) is 76.1 Å². The van der Waals surface area contributed by atoms with Gasteiger partial charge in [0, 0.05) is 11.8 Å². The highest BCUT2D eigenvalue weighted by molar-refractivity contribution is 6.02. The molecular weight excluding hydrogens is 314 g/mol. The van der Waals surface area contributed by atoms with E-state index >= 15 is 0 Å². The first-order chi connectivity index (χ1) is 12.2. The molecule has 1 heterocycles. The number of rotatable bonds is 6. The van der Waals surface area contributed by atoms with Crippen LogP contribution in [0.5, 0.6) is 0 Å². The Morgan fingerprint density at radius 2 is 1.80 bits per heavy atom. The highest BCUT2D eigenvalue weighted by Gasteiger charge is 2.12. The lowest BCUT2D eigenvalue weighted by molar-refractivity contribution is 0.0997. The lowest BCUT2D eigenvalue weighted by Crippen LogP contribution is -2.14. The fraction of sp³-hybridized carbons (Fsp3) is 0.238. The van der Waals surface area contributed by atoms with Crippen molar-refractivity contribution in [2.24, 2.45) is 0 Å². The second kappa shape index (κ2) is 7.79. The summed E-state index contributed by atoms with van der Waals surface area (Å²) in [6.45, 7) is 2.18. The molecule has 4 nitrogen and oxygen atoms in total. The van der Waals surface area contributed by atoms with E-state index in [1.54, 1.807) is 24.3 Å². The molecule has 0 bridgehead atoms. The van der Waals surface area contributed by atoms with Crippen molar-refractivity contribution >= 4 is 22.6 Å². The second-order valence-electron chi connectivity index (χ2n) is 6.08. The summed E-state index contributed by atoms with van der Waals surface area (Å²) in [7, 11) is 0. The molecule has 128 valence electrons. The van der Waals surface area contributed by atoms with Gasteiger partial charge in [-0.15, -0.1) is 0 Å². The van der Waals surface area contributed by atoms with Crippen LogP contribution in [0.4, 0.5) is 5.69 Å². The minimum Gasteiger partial charge on any atom is -0.451 e. The molecule has 0 saturated heterocycles. The van der Waals surface area contributed by atoms with Gasteiger partial charge in [0.15, 0.2) is 11.2 Å². The van der Waals surface area contributed by atoms with Crippen molar-refractivity contribution in [3.63, 3.8) is 0 Å². The quantitative estimate of drug-likeness (QED) is 0.660. The fourth-order valence-corrected chi connectivity index (χ4v) is 2.74. The summed E-state index contributed by atoms with van der Waals surface area (Å²) < 4.78 is 5.55. The number of aryl methyl sites for hydroxylation is 1. The van der Waals surface area contributed by atoms with E-state index in [4.69, 9.17) is 4.42 Å². The fourth-order valence-electron chi connectivity index (χ4n) is 2.74. The van der Waals surface area contributed by atoms with Crippen LogP contribution < -0.4 is 10.7 Å². The van der Waals surface area contributed by atoms with Crippen LogP contribution in [0.25, 0.3) is 11.0 Å². The smallest absolute Gasteiger partial charge is 0.291 e. The van der Waals surface area contributed by atoms with Crippen LogP contribution in [0.3, 0.4) is 0 Å². The average molecular weight is 335 g/mol. The van der Waals surface area contributed by atoms with E-state index in [2.05, 4.69) is 12.2 Å². The van der Waals surface area contributed by atoms with E-state index in [1.165, 1.54) is 30.9 Å². The third-order valence-electron chi connectivity index (χ3n) is 4.14. The number of carbonyl (C=O) groups excluding carboxylic acids is 1. The van der Waals surface area contributed by atoms with Gasteiger partial charge < -0.3 is 9.73 Å². The van der Waals surface area contributed by atoms with Crippen LogP contribution in [0.1, 0.15) is 42.3 Å². The van der Waals surface area contributed by atoms with Gasteiger partial charge in [-0.3, -0.25) is 9.59 Å². The normalized spacial score (nSPS) is 10.8. The number of para-hydroxylation sites is 1. The van der Waals surface area contributed by atoms with Gasteiger partial charge in [0.1, 0.15) is 5.58 Å². The molecule has 1 aromatic heterocycles. The van der Waals surface area contributed by atoms with E-state index in [-0.39, 0.29) is 11.2 Å². The van der Waals surface area contributed by atoms with Crippen molar-refractivity contribution in [2.45, 2.75) is 32.6 Å². The van der Waals surface area contributed by atoms with Crippen LogP contribution in [0.2, 0.25) is 0 Å². The molecule has 0 atom stereocenters. The summed E-state index contributed by atoms with van der Waals surface area (Å²) in [5, 5.41) is 3.24. The van der Waals surface area contributed by atoms with Gasteiger partial charge in [0.05, 0.1) is 5.39 Å². The number of carbonyl (C=O) groups is 1. The molecular formula is C21H21NO3. The summed E-state index contributed by atoms with van der Waals surface area (Å²) >= 11 is 0. The first-order valence-electron chi connectivity index (χ1n) is 8.60. The number of hydrogen-bond donors (Lipinski definition) is 1. The largest absolute Gasteiger partial charge is 0.451 e. The Labute approximate surface area is 146 Å². The Bertz CT molecular complexity index is 926. The molecule has 1 amide bonds. The maximum Gasteiger partial charge on any atom is 0.291 e. The first kappa shape index (κ1) is 17.0.